The first kappa shape index (κ1) is 14.1. The predicted octanol–water partition coefficient (Wildman–Crippen LogP) is 1.89. The maximum absolute atomic E-state index is 11.9. The first-order valence-corrected chi connectivity index (χ1v) is 8.02. The summed E-state index contributed by atoms with van der Waals surface area (Å²) in [7, 11) is 1.44. The summed E-state index contributed by atoms with van der Waals surface area (Å²) in [5.74, 6) is -0.418. The van der Waals surface area contributed by atoms with Crippen molar-refractivity contribution in [2.75, 3.05) is 11.4 Å². The van der Waals surface area contributed by atoms with Gasteiger partial charge in [0.1, 0.15) is 11.3 Å². The summed E-state index contributed by atoms with van der Waals surface area (Å²) in [5, 5.41) is 8.26. The number of amides is 1. The number of nitriles is 1. The Kier molecular flexibility index (Phi) is 3.72. The van der Waals surface area contributed by atoms with E-state index in [2.05, 4.69) is 0 Å². The van der Waals surface area contributed by atoms with Gasteiger partial charge in [-0.3, -0.25) is 4.79 Å². The fourth-order valence-corrected chi connectivity index (χ4v) is 3.26. The summed E-state index contributed by atoms with van der Waals surface area (Å²) in [4.78, 5) is 13.1. The molecule has 1 aromatic carbocycles. The molecule has 19 heavy (non-hydrogen) atoms. The highest BCUT2D eigenvalue weighted by Crippen LogP contribution is 2.34. The number of hydrogen-bond acceptors (Lipinski definition) is 4. The number of benzene rings is 1. The van der Waals surface area contributed by atoms with Crippen molar-refractivity contribution >= 4 is 42.9 Å². The number of halogens is 2. The van der Waals surface area contributed by atoms with Gasteiger partial charge < -0.3 is 4.90 Å². The van der Waals surface area contributed by atoms with Crippen LogP contribution in [0, 0.1) is 11.3 Å². The largest absolute Gasteiger partial charge is 0.308 e. The van der Waals surface area contributed by atoms with Gasteiger partial charge in [0.2, 0.25) is 15.0 Å². The minimum absolute atomic E-state index is 0.0942. The molecular weight excluding hydrogens is 311 g/mol. The zero-order chi connectivity index (χ0) is 14.2. The lowest BCUT2D eigenvalue weighted by Crippen LogP contribution is -2.27. The smallest absolute Gasteiger partial charge is 0.237 e. The van der Waals surface area contributed by atoms with Crippen molar-refractivity contribution in [3.05, 3.63) is 28.8 Å². The molecular formula is C11H8Cl2N2O3S. The van der Waals surface area contributed by atoms with E-state index in [-0.39, 0.29) is 29.2 Å². The van der Waals surface area contributed by atoms with Gasteiger partial charge in [-0.25, -0.2) is 8.42 Å². The third kappa shape index (κ3) is 2.68. The molecule has 1 aliphatic heterocycles. The molecule has 1 atom stereocenters. The lowest BCUT2D eigenvalue weighted by Gasteiger charge is -2.18. The van der Waals surface area contributed by atoms with E-state index >= 15 is 0 Å². The van der Waals surface area contributed by atoms with Gasteiger partial charge in [-0.2, -0.15) is 5.26 Å². The molecule has 1 heterocycles. The van der Waals surface area contributed by atoms with Gasteiger partial charge in [-0.15, -0.1) is 0 Å². The average molecular weight is 319 g/mol. The number of anilines is 1. The normalized spacial score (nSPS) is 19.5. The Morgan fingerprint density at radius 2 is 2.11 bits per heavy atom. The van der Waals surface area contributed by atoms with E-state index in [0.29, 0.717) is 0 Å². The summed E-state index contributed by atoms with van der Waals surface area (Å²) in [5.41, 5.74) is 0.452. The Labute approximate surface area is 119 Å². The number of nitrogens with zero attached hydrogens (tertiary/aromatic N) is 2. The van der Waals surface area contributed by atoms with Crippen molar-refractivity contribution in [3.8, 4) is 6.07 Å². The van der Waals surface area contributed by atoms with Crippen molar-refractivity contribution in [3.63, 3.8) is 0 Å². The van der Waals surface area contributed by atoms with E-state index in [9.17, 15) is 13.2 Å². The SMILES string of the molecule is N#Cc1cccc(Cl)c1N1CC(S(=O)(=O)Cl)CC1=O. The molecule has 0 saturated carbocycles. The Balaban J connectivity index is 2.45. The summed E-state index contributed by atoms with van der Waals surface area (Å²) >= 11 is 5.99. The highest BCUT2D eigenvalue weighted by atomic mass is 35.7. The van der Waals surface area contributed by atoms with Crippen LogP contribution in [0.2, 0.25) is 5.02 Å². The molecule has 1 amide bonds. The van der Waals surface area contributed by atoms with Crippen LogP contribution in [0.25, 0.3) is 0 Å². The van der Waals surface area contributed by atoms with E-state index in [1.807, 2.05) is 6.07 Å². The van der Waals surface area contributed by atoms with E-state index in [1.165, 1.54) is 17.0 Å². The van der Waals surface area contributed by atoms with Crippen molar-refractivity contribution in [1.29, 1.82) is 5.26 Å². The highest BCUT2D eigenvalue weighted by Gasteiger charge is 2.39. The molecule has 0 bridgehead atoms. The number of para-hydroxylation sites is 1. The summed E-state index contributed by atoms with van der Waals surface area (Å²) in [6, 6.07) is 6.56. The van der Waals surface area contributed by atoms with E-state index < -0.39 is 20.2 Å². The van der Waals surface area contributed by atoms with Crippen molar-refractivity contribution in [2.45, 2.75) is 11.7 Å². The van der Waals surface area contributed by atoms with Gasteiger partial charge in [-0.05, 0) is 12.1 Å². The van der Waals surface area contributed by atoms with Crippen LogP contribution in [-0.2, 0) is 13.8 Å². The number of carbonyl (C=O) groups excluding carboxylic acids is 1. The van der Waals surface area contributed by atoms with Crippen LogP contribution in [0.15, 0.2) is 18.2 Å². The van der Waals surface area contributed by atoms with Crippen LogP contribution in [0.1, 0.15) is 12.0 Å². The first-order valence-electron chi connectivity index (χ1n) is 5.27. The van der Waals surface area contributed by atoms with Gasteiger partial charge in [0.25, 0.3) is 0 Å². The molecule has 100 valence electrons. The zero-order valence-electron chi connectivity index (χ0n) is 9.51. The fourth-order valence-electron chi connectivity index (χ4n) is 1.96. The van der Waals surface area contributed by atoms with Crippen LogP contribution in [-0.4, -0.2) is 26.1 Å². The van der Waals surface area contributed by atoms with Crippen LogP contribution in [0.3, 0.4) is 0 Å². The molecule has 1 unspecified atom stereocenters. The van der Waals surface area contributed by atoms with E-state index in [1.54, 1.807) is 6.07 Å². The second kappa shape index (κ2) is 5.00. The maximum atomic E-state index is 11.9. The van der Waals surface area contributed by atoms with Crippen molar-refractivity contribution < 1.29 is 13.2 Å². The third-order valence-electron chi connectivity index (χ3n) is 2.86. The Hall–Kier alpha value is -1.29. The summed E-state index contributed by atoms with van der Waals surface area (Å²) < 4.78 is 22.6. The Morgan fingerprint density at radius 3 is 2.63 bits per heavy atom. The van der Waals surface area contributed by atoms with Gasteiger partial charge in [0.05, 0.1) is 16.3 Å². The molecule has 0 spiro atoms. The minimum Gasteiger partial charge on any atom is -0.308 e. The average Bonchev–Trinajstić information content (AvgIpc) is 2.70. The molecule has 5 nitrogen and oxygen atoms in total. The molecule has 0 aliphatic carbocycles. The molecule has 1 fully saturated rings. The van der Waals surface area contributed by atoms with Gasteiger partial charge in [-0.1, -0.05) is 17.7 Å². The number of carbonyl (C=O) groups is 1. The van der Waals surface area contributed by atoms with Crippen LogP contribution >= 0.6 is 22.3 Å². The third-order valence-corrected chi connectivity index (χ3v) is 5.04. The first-order chi connectivity index (χ1) is 8.84. The molecule has 1 aromatic rings. The monoisotopic (exact) mass is 318 g/mol. The van der Waals surface area contributed by atoms with Crippen LogP contribution < -0.4 is 4.90 Å². The Bertz CT molecular complexity index is 682. The topological polar surface area (TPSA) is 78.2 Å². The van der Waals surface area contributed by atoms with Crippen molar-refractivity contribution in [2.24, 2.45) is 0 Å². The van der Waals surface area contributed by atoms with Gasteiger partial charge in [0, 0.05) is 23.6 Å². The standard InChI is InChI=1S/C11H8Cl2N2O3S/c12-9-3-1-2-7(5-14)11(9)15-6-8(4-10(15)16)19(13,17)18/h1-3,8H,4,6H2. The second-order valence-electron chi connectivity index (χ2n) is 4.05. The van der Waals surface area contributed by atoms with Crippen LogP contribution in [0.5, 0.6) is 0 Å². The molecule has 0 radical (unpaired) electrons. The lowest BCUT2D eigenvalue weighted by atomic mass is 10.2. The van der Waals surface area contributed by atoms with E-state index in [4.69, 9.17) is 27.5 Å². The van der Waals surface area contributed by atoms with Gasteiger partial charge in [0.15, 0.2) is 0 Å². The Morgan fingerprint density at radius 1 is 1.42 bits per heavy atom. The maximum Gasteiger partial charge on any atom is 0.237 e. The molecule has 8 heteroatoms. The highest BCUT2D eigenvalue weighted by molar-refractivity contribution is 8.14. The minimum atomic E-state index is -3.83. The zero-order valence-corrected chi connectivity index (χ0v) is 11.8. The fraction of sp³-hybridized carbons (Fsp3) is 0.273. The summed E-state index contributed by atoms with van der Waals surface area (Å²) in [6.07, 6.45) is -0.206. The molecule has 0 N–H and O–H groups in total. The molecule has 1 aliphatic rings. The van der Waals surface area contributed by atoms with Gasteiger partial charge >= 0.3 is 0 Å². The van der Waals surface area contributed by atoms with Crippen molar-refractivity contribution in [1.82, 2.24) is 0 Å². The summed E-state index contributed by atoms with van der Waals surface area (Å²) in [6.45, 7) is -0.0942. The second-order valence-corrected chi connectivity index (χ2v) is 7.37. The predicted molar refractivity (Wildman–Crippen MR) is 71.7 cm³/mol. The molecule has 1 saturated heterocycles. The lowest BCUT2D eigenvalue weighted by molar-refractivity contribution is -0.117. The molecule has 2 rings (SSSR count). The van der Waals surface area contributed by atoms with E-state index in [0.717, 1.165) is 0 Å². The quantitative estimate of drug-likeness (QED) is 0.780. The number of hydrogen-bond donors (Lipinski definition) is 0. The van der Waals surface area contributed by atoms with Crippen LogP contribution in [0.4, 0.5) is 5.69 Å². The number of rotatable bonds is 2. The molecule has 0 aromatic heterocycles.